The molecule has 216 valence electrons. The van der Waals surface area contributed by atoms with E-state index in [2.05, 4.69) is 0 Å². The molecule has 0 aromatic heterocycles. The number of carbonyl (C=O) groups excluding carboxylic acids is 1. The van der Waals surface area contributed by atoms with Gasteiger partial charge in [-0.25, -0.2) is 13.2 Å². The Kier molecular flexibility index (Phi) is 8.11. The average Bonchev–Trinajstić information content (AvgIpc) is 3.19. The molecule has 0 amide bonds. The fraction of sp³-hybridized carbons (Fsp3) is 0.250. The van der Waals surface area contributed by atoms with Crippen LogP contribution in [0.1, 0.15) is 48.9 Å². The normalized spacial score (nSPS) is 15.8. The average molecular weight is 581 g/mol. The summed E-state index contributed by atoms with van der Waals surface area (Å²) < 4.78 is 33.1. The number of aliphatic hydroxyl groups excluding tert-OH is 1. The molecule has 0 radical (unpaired) electrons. The molecule has 0 aliphatic carbocycles. The largest absolute Gasteiger partial charge is 0.507 e. The van der Waals surface area contributed by atoms with Gasteiger partial charge >= 0.3 is 5.97 Å². The number of benzene rings is 4. The Bertz CT molecular complexity index is 1640. The Balaban J connectivity index is 1.64. The number of esters is 1. The summed E-state index contributed by atoms with van der Waals surface area (Å²) in [6, 6.07) is 35.0. The van der Waals surface area contributed by atoms with Crippen LogP contribution < -0.4 is 0 Å². The minimum Gasteiger partial charge on any atom is -0.507 e. The van der Waals surface area contributed by atoms with Crippen molar-refractivity contribution in [3.63, 3.8) is 0 Å². The minimum atomic E-state index is -3.66. The van der Waals surface area contributed by atoms with E-state index in [9.17, 15) is 18.3 Å². The molecule has 1 heterocycles. The van der Waals surface area contributed by atoms with Gasteiger partial charge in [-0.15, -0.1) is 0 Å². The fourth-order valence-electron chi connectivity index (χ4n) is 5.95. The number of rotatable bonds is 9. The van der Waals surface area contributed by atoms with Crippen LogP contribution in [0, 0.1) is 5.41 Å². The number of aliphatic hydroxyl groups is 1. The third-order valence-corrected chi connectivity index (χ3v) is 9.51. The molecule has 42 heavy (non-hydrogen) atoms. The Morgan fingerprint density at radius 1 is 0.738 bits per heavy atom. The van der Waals surface area contributed by atoms with E-state index < -0.39 is 32.7 Å². The third kappa shape index (κ3) is 6.04. The molecule has 4 aromatic rings. The van der Waals surface area contributed by atoms with Crippen molar-refractivity contribution in [3.8, 4) is 0 Å². The van der Waals surface area contributed by atoms with E-state index in [1.807, 2.05) is 93.6 Å². The molecule has 0 saturated heterocycles. The van der Waals surface area contributed by atoms with E-state index in [1.54, 1.807) is 42.5 Å². The first-order chi connectivity index (χ1) is 20.0. The number of carbonyl (C=O) groups is 1. The van der Waals surface area contributed by atoms with Gasteiger partial charge in [0.25, 0.3) is 0 Å². The van der Waals surface area contributed by atoms with Gasteiger partial charge in [-0.3, -0.25) is 0 Å². The predicted molar refractivity (Wildman–Crippen MR) is 165 cm³/mol. The summed E-state index contributed by atoms with van der Waals surface area (Å²) in [6.45, 7) is 5.96. The second-order valence-corrected chi connectivity index (χ2v) is 14.0. The minimum absolute atomic E-state index is 0.0964. The van der Waals surface area contributed by atoms with Crippen LogP contribution >= 0.6 is 0 Å². The van der Waals surface area contributed by atoms with Crippen molar-refractivity contribution in [2.24, 2.45) is 5.41 Å². The Labute approximate surface area is 248 Å². The second kappa shape index (κ2) is 11.6. The summed E-state index contributed by atoms with van der Waals surface area (Å²) in [6.07, 6.45) is 0.593. The van der Waals surface area contributed by atoms with E-state index in [0.29, 0.717) is 24.0 Å². The van der Waals surface area contributed by atoms with Gasteiger partial charge < -0.3 is 9.84 Å². The Morgan fingerprint density at radius 3 is 1.74 bits per heavy atom. The van der Waals surface area contributed by atoms with Crippen LogP contribution in [0.5, 0.6) is 0 Å². The predicted octanol–water partition coefficient (Wildman–Crippen LogP) is 7.38. The van der Waals surface area contributed by atoms with Crippen molar-refractivity contribution in [3.05, 3.63) is 149 Å². The first kappa shape index (κ1) is 29.3. The lowest BCUT2D eigenvalue weighted by atomic mass is 9.70. The molecule has 1 aliphatic rings. The molecule has 0 bridgehead atoms. The van der Waals surface area contributed by atoms with Crippen LogP contribution in [0.15, 0.2) is 131 Å². The summed E-state index contributed by atoms with van der Waals surface area (Å²) in [7, 11) is -3.66. The van der Waals surface area contributed by atoms with E-state index in [4.69, 9.17) is 4.74 Å². The van der Waals surface area contributed by atoms with Crippen molar-refractivity contribution < 1.29 is 23.1 Å². The molecular formula is C36H36O5S. The van der Waals surface area contributed by atoms with Crippen molar-refractivity contribution in [2.45, 2.75) is 55.8 Å². The molecule has 1 atom stereocenters. The summed E-state index contributed by atoms with van der Waals surface area (Å²) >= 11 is 0. The molecule has 0 fully saturated rings. The van der Waals surface area contributed by atoms with Crippen molar-refractivity contribution in [1.82, 2.24) is 0 Å². The fourth-order valence-corrected chi connectivity index (χ4v) is 7.36. The van der Waals surface area contributed by atoms with Crippen LogP contribution in [-0.2, 0) is 38.0 Å². The van der Waals surface area contributed by atoms with E-state index in [-0.39, 0.29) is 22.0 Å². The molecule has 5 nitrogen and oxygen atoms in total. The van der Waals surface area contributed by atoms with Gasteiger partial charge in [-0.1, -0.05) is 124 Å². The molecule has 6 heteroatoms. The Morgan fingerprint density at radius 2 is 1.21 bits per heavy atom. The number of ether oxygens (including phenoxy) is 1. The molecule has 0 spiro atoms. The molecule has 1 N–H and O–H groups in total. The van der Waals surface area contributed by atoms with Gasteiger partial charge in [0, 0.05) is 18.8 Å². The van der Waals surface area contributed by atoms with Crippen LogP contribution in [0.3, 0.4) is 0 Å². The number of cyclic esters (lactones) is 1. The number of hydrogen-bond acceptors (Lipinski definition) is 5. The van der Waals surface area contributed by atoms with E-state index in [0.717, 1.165) is 11.1 Å². The summed E-state index contributed by atoms with van der Waals surface area (Å²) in [5.41, 5.74) is 1.43. The van der Waals surface area contributed by atoms with Gasteiger partial charge in [0.05, 0.1) is 16.2 Å². The Hall–Kier alpha value is -4.16. The van der Waals surface area contributed by atoms with Gasteiger partial charge in [-0.05, 0) is 39.8 Å². The lowest BCUT2D eigenvalue weighted by Crippen LogP contribution is -2.37. The zero-order valence-corrected chi connectivity index (χ0v) is 25.0. The first-order valence-electron chi connectivity index (χ1n) is 14.1. The molecule has 1 aliphatic heterocycles. The summed E-state index contributed by atoms with van der Waals surface area (Å²) in [5, 5.41) is 12.1. The SMILES string of the molecule is CC(C)(C)C(C1=C(O)C(Cc2ccccc2)(Cc2ccccc2)OC1=O)c1ccccc1CS(=O)(=O)c1ccccc1. The standard InChI is InChI=1S/C36H36O5S/c1-35(2,3)32(30-22-14-13-19-28(30)25-42(39,40)29-20-11-6-12-21-29)31-33(37)36(41-34(31)38,23-26-15-7-4-8-16-26)24-27-17-9-5-10-18-27/h4-22,32,37H,23-25H2,1-3H3. The lowest BCUT2D eigenvalue weighted by molar-refractivity contribution is -0.148. The van der Waals surface area contributed by atoms with Crippen LogP contribution in [0.25, 0.3) is 0 Å². The number of sulfone groups is 1. The number of hydrogen-bond donors (Lipinski definition) is 1. The molecule has 0 saturated carbocycles. The highest BCUT2D eigenvalue weighted by molar-refractivity contribution is 7.90. The van der Waals surface area contributed by atoms with E-state index >= 15 is 0 Å². The third-order valence-electron chi connectivity index (χ3n) is 7.83. The topological polar surface area (TPSA) is 80.7 Å². The van der Waals surface area contributed by atoms with E-state index in [1.165, 1.54) is 0 Å². The van der Waals surface area contributed by atoms with Gasteiger partial charge in [0.15, 0.2) is 15.4 Å². The van der Waals surface area contributed by atoms with Crippen LogP contribution in [0.2, 0.25) is 0 Å². The zero-order valence-electron chi connectivity index (χ0n) is 24.2. The zero-order chi connectivity index (χ0) is 30.0. The summed E-state index contributed by atoms with van der Waals surface area (Å²) in [4.78, 5) is 14.1. The van der Waals surface area contributed by atoms with Gasteiger partial charge in [0.1, 0.15) is 5.76 Å². The lowest BCUT2D eigenvalue weighted by Gasteiger charge is -2.33. The van der Waals surface area contributed by atoms with Gasteiger partial charge in [-0.2, -0.15) is 0 Å². The molecule has 5 rings (SSSR count). The smallest absolute Gasteiger partial charge is 0.339 e. The maximum absolute atomic E-state index is 13.9. The van der Waals surface area contributed by atoms with Gasteiger partial charge in [0.2, 0.25) is 0 Å². The summed E-state index contributed by atoms with van der Waals surface area (Å²) in [5.74, 6) is -1.54. The van der Waals surface area contributed by atoms with Crippen molar-refractivity contribution in [1.29, 1.82) is 0 Å². The molecule has 4 aromatic carbocycles. The van der Waals surface area contributed by atoms with Crippen LogP contribution in [-0.4, -0.2) is 25.1 Å². The van der Waals surface area contributed by atoms with Crippen molar-refractivity contribution >= 4 is 15.8 Å². The second-order valence-electron chi connectivity index (χ2n) is 12.0. The quantitative estimate of drug-likeness (QED) is 0.209. The maximum atomic E-state index is 13.9. The first-order valence-corrected chi connectivity index (χ1v) is 15.8. The highest BCUT2D eigenvalue weighted by Crippen LogP contribution is 2.49. The van der Waals surface area contributed by atoms with Crippen molar-refractivity contribution in [2.75, 3.05) is 0 Å². The maximum Gasteiger partial charge on any atom is 0.339 e. The molecule has 1 unspecified atom stereocenters. The highest BCUT2D eigenvalue weighted by Gasteiger charge is 2.52. The van der Waals surface area contributed by atoms with Crippen LogP contribution in [0.4, 0.5) is 0 Å². The monoisotopic (exact) mass is 580 g/mol. The molecular weight excluding hydrogens is 544 g/mol. The highest BCUT2D eigenvalue weighted by atomic mass is 32.2.